The lowest BCUT2D eigenvalue weighted by Gasteiger charge is -2.37. The van der Waals surface area contributed by atoms with Crippen LogP contribution in [0.4, 0.5) is 9.18 Å². The van der Waals surface area contributed by atoms with Crippen molar-refractivity contribution in [2.24, 2.45) is 0 Å². The predicted molar refractivity (Wildman–Crippen MR) is 80.2 cm³/mol. The van der Waals surface area contributed by atoms with E-state index in [1.54, 1.807) is 21.9 Å². The number of hydrogen-bond donors (Lipinski definition) is 1. The average Bonchev–Trinajstić information content (AvgIpc) is 2.95. The molecule has 1 atom stereocenters. The third-order valence-corrected chi connectivity index (χ3v) is 4.37. The van der Waals surface area contributed by atoms with Crippen LogP contribution in [0, 0.1) is 12.7 Å². The van der Waals surface area contributed by atoms with Gasteiger partial charge in [-0.3, -0.25) is 4.79 Å². The molecule has 0 aromatic heterocycles. The first-order chi connectivity index (χ1) is 10.6. The summed E-state index contributed by atoms with van der Waals surface area (Å²) < 4.78 is 13.9. The van der Waals surface area contributed by atoms with Crippen LogP contribution in [0.3, 0.4) is 0 Å². The zero-order valence-corrected chi connectivity index (χ0v) is 12.6. The molecular weight excluding hydrogens is 285 g/mol. The number of aryl methyl sites for hydroxylation is 1. The highest BCUT2D eigenvalue weighted by Gasteiger charge is 2.33. The molecule has 2 aliphatic heterocycles. The second-order valence-corrected chi connectivity index (χ2v) is 5.96. The summed E-state index contributed by atoms with van der Waals surface area (Å²) in [4.78, 5) is 27.8. The Morgan fingerprint density at radius 1 is 1.36 bits per heavy atom. The predicted octanol–water partition coefficient (Wildman–Crippen LogP) is 1.76. The van der Waals surface area contributed by atoms with Crippen LogP contribution in [0.5, 0.6) is 0 Å². The Hall–Kier alpha value is -2.11. The molecule has 5 nitrogen and oxygen atoms in total. The topological polar surface area (TPSA) is 52.7 Å². The molecule has 0 radical (unpaired) electrons. The van der Waals surface area contributed by atoms with Gasteiger partial charge in [0.2, 0.25) is 0 Å². The van der Waals surface area contributed by atoms with Crippen molar-refractivity contribution in [2.45, 2.75) is 25.8 Å². The number of carbonyl (C=O) groups excluding carboxylic acids is 2. The summed E-state index contributed by atoms with van der Waals surface area (Å²) in [7, 11) is 0. The second-order valence-electron chi connectivity index (χ2n) is 5.96. The van der Waals surface area contributed by atoms with Crippen LogP contribution in [-0.2, 0) is 0 Å². The van der Waals surface area contributed by atoms with Gasteiger partial charge in [-0.05, 0) is 31.9 Å². The number of piperidine rings is 1. The van der Waals surface area contributed by atoms with Crippen molar-refractivity contribution in [3.8, 4) is 0 Å². The SMILES string of the molecule is Cc1ccc(F)c(C(=O)N2CCCC(N3CCNC3=O)C2)c1. The van der Waals surface area contributed by atoms with Crippen LogP contribution in [0.15, 0.2) is 18.2 Å². The smallest absolute Gasteiger partial charge is 0.317 e. The third-order valence-electron chi connectivity index (χ3n) is 4.37. The first-order valence-electron chi connectivity index (χ1n) is 7.66. The molecule has 3 amide bonds. The van der Waals surface area contributed by atoms with Crippen LogP contribution in [-0.4, -0.2) is 54.0 Å². The molecule has 2 aliphatic rings. The largest absolute Gasteiger partial charge is 0.336 e. The number of nitrogens with zero attached hydrogens (tertiary/aromatic N) is 2. The lowest BCUT2D eigenvalue weighted by Crippen LogP contribution is -2.50. The number of urea groups is 1. The number of likely N-dealkylation sites (tertiary alicyclic amines) is 1. The Kier molecular flexibility index (Phi) is 4.00. The van der Waals surface area contributed by atoms with Crippen molar-refractivity contribution >= 4 is 11.9 Å². The fraction of sp³-hybridized carbons (Fsp3) is 0.500. The lowest BCUT2D eigenvalue weighted by molar-refractivity contribution is 0.0630. The van der Waals surface area contributed by atoms with Crippen molar-refractivity contribution in [2.75, 3.05) is 26.2 Å². The quantitative estimate of drug-likeness (QED) is 0.905. The normalized spacial score (nSPS) is 21.9. The van der Waals surface area contributed by atoms with Crippen molar-refractivity contribution < 1.29 is 14.0 Å². The van der Waals surface area contributed by atoms with E-state index >= 15 is 0 Å². The van der Waals surface area contributed by atoms with Gasteiger partial charge in [0.1, 0.15) is 5.82 Å². The minimum atomic E-state index is -0.489. The summed E-state index contributed by atoms with van der Waals surface area (Å²) >= 11 is 0. The zero-order valence-electron chi connectivity index (χ0n) is 12.6. The summed E-state index contributed by atoms with van der Waals surface area (Å²) in [6, 6.07) is 4.52. The fourth-order valence-corrected chi connectivity index (χ4v) is 3.20. The highest BCUT2D eigenvalue weighted by atomic mass is 19.1. The number of benzene rings is 1. The van der Waals surface area contributed by atoms with E-state index in [0.29, 0.717) is 26.2 Å². The molecule has 1 N–H and O–H groups in total. The standard InChI is InChI=1S/C16H20FN3O2/c1-11-4-5-14(17)13(9-11)15(21)19-7-2-3-12(10-19)20-8-6-18-16(20)22/h4-5,9,12H,2-3,6-8,10H2,1H3,(H,18,22). The lowest BCUT2D eigenvalue weighted by atomic mass is 10.0. The van der Waals surface area contributed by atoms with Crippen molar-refractivity contribution in [3.05, 3.63) is 35.1 Å². The van der Waals surface area contributed by atoms with Crippen LogP contribution in [0.25, 0.3) is 0 Å². The van der Waals surface area contributed by atoms with E-state index in [9.17, 15) is 14.0 Å². The van der Waals surface area contributed by atoms with Crippen molar-refractivity contribution in [1.29, 1.82) is 0 Å². The molecule has 1 aromatic carbocycles. The summed E-state index contributed by atoms with van der Waals surface area (Å²) in [5, 5.41) is 2.78. The molecular formula is C16H20FN3O2. The number of carbonyl (C=O) groups is 2. The van der Waals surface area contributed by atoms with Gasteiger partial charge in [-0.2, -0.15) is 0 Å². The van der Waals surface area contributed by atoms with Crippen molar-refractivity contribution in [3.63, 3.8) is 0 Å². The minimum Gasteiger partial charge on any atom is -0.336 e. The van der Waals surface area contributed by atoms with E-state index in [1.165, 1.54) is 6.07 Å². The molecule has 1 aromatic rings. The molecule has 0 bridgehead atoms. The molecule has 0 saturated carbocycles. The first kappa shape index (κ1) is 14.8. The third kappa shape index (κ3) is 2.77. The Morgan fingerprint density at radius 3 is 2.91 bits per heavy atom. The molecule has 0 spiro atoms. The maximum atomic E-state index is 13.9. The molecule has 6 heteroatoms. The van der Waals surface area contributed by atoms with Gasteiger partial charge in [-0.15, -0.1) is 0 Å². The number of rotatable bonds is 2. The highest BCUT2D eigenvalue weighted by molar-refractivity contribution is 5.94. The number of halogens is 1. The minimum absolute atomic E-state index is 0.0214. The van der Waals surface area contributed by atoms with Gasteiger partial charge in [-0.1, -0.05) is 11.6 Å². The van der Waals surface area contributed by atoms with Gasteiger partial charge >= 0.3 is 6.03 Å². The van der Waals surface area contributed by atoms with Gasteiger partial charge in [0.15, 0.2) is 0 Å². The van der Waals surface area contributed by atoms with E-state index in [0.717, 1.165) is 18.4 Å². The Balaban J connectivity index is 1.75. The molecule has 1 unspecified atom stereocenters. The fourth-order valence-electron chi connectivity index (χ4n) is 3.20. The molecule has 0 aliphatic carbocycles. The average molecular weight is 305 g/mol. The van der Waals surface area contributed by atoms with E-state index in [1.807, 2.05) is 6.92 Å². The summed E-state index contributed by atoms with van der Waals surface area (Å²) in [5.41, 5.74) is 0.976. The maximum Gasteiger partial charge on any atom is 0.317 e. The van der Waals surface area contributed by atoms with E-state index in [-0.39, 0.29) is 23.5 Å². The Morgan fingerprint density at radius 2 is 2.18 bits per heavy atom. The maximum absolute atomic E-state index is 13.9. The van der Waals surface area contributed by atoms with E-state index in [4.69, 9.17) is 0 Å². The first-order valence-corrected chi connectivity index (χ1v) is 7.66. The van der Waals surface area contributed by atoms with Crippen LogP contribution >= 0.6 is 0 Å². The molecule has 2 heterocycles. The van der Waals surface area contributed by atoms with Gasteiger partial charge in [-0.25, -0.2) is 9.18 Å². The van der Waals surface area contributed by atoms with Crippen LogP contribution < -0.4 is 5.32 Å². The van der Waals surface area contributed by atoms with E-state index < -0.39 is 5.82 Å². The van der Waals surface area contributed by atoms with Gasteiger partial charge in [0.05, 0.1) is 11.6 Å². The zero-order chi connectivity index (χ0) is 15.7. The van der Waals surface area contributed by atoms with Crippen LogP contribution in [0.1, 0.15) is 28.8 Å². The number of amides is 3. The summed E-state index contributed by atoms with van der Waals surface area (Å²) in [6.07, 6.45) is 1.71. The Labute approximate surface area is 129 Å². The van der Waals surface area contributed by atoms with E-state index in [2.05, 4.69) is 5.32 Å². The molecule has 2 fully saturated rings. The molecule has 3 rings (SSSR count). The number of nitrogens with one attached hydrogen (secondary N) is 1. The van der Waals surface area contributed by atoms with Crippen LogP contribution in [0.2, 0.25) is 0 Å². The van der Waals surface area contributed by atoms with Gasteiger partial charge in [0, 0.05) is 26.2 Å². The Bertz CT molecular complexity index is 605. The van der Waals surface area contributed by atoms with Gasteiger partial charge < -0.3 is 15.1 Å². The highest BCUT2D eigenvalue weighted by Crippen LogP contribution is 2.21. The number of hydrogen-bond acceptors (Lipinski definition) is 2. The molecule has 118 valence electrons. The molecule has 2 saturated heterocycles. The summed E-state index contributed by atoms with van der Waals surface area (Å²) in [5.74, 6) is -0.776. The monoisotopic (exact) mass is 305 g/mol. The second kappa shape index (κ2) is 5.94. The van der Waals surface area contributed by atoms with Crippen molar-refractivity contribution in [1.82, 2.24) is 15.1 Å². The molecule has 22 heavy (non-hydrogen) atoms. The van der Waals surface area contributed by atoms with Gasteiger partial charge in [0.25, 0.3) is 5.91 Å². The summed E-state index contributed by atoms with van der Waals surface area (Å²) in [6.45, 7) is 4.24.